The first-order valence-electron chi connectivity index (χ1n) is 6.36. The molecule has 1 aromatic rings. The summed E-state index contributed by atoms with van der Waals surface area (Å²) < 4.78 is 4.87. The van der Waals surface area contributed by atoms with E-state index in [-0.39, 0.29) is 17.7 Å². The molecule has 0 bridgehead atoms. The Labute approximate surface area is 106 Å². The number of ketones is 1. The van der Waals surface area contributed by atoms with Crippen molar-refractivity contribution in [2.75, 3.05) is 6.61 Å². The van der Waals surface area contributed by atoms with Crippen LogP contribution >= 0.6 is 0 Å². The number of carbonyl (C=O) groups excluding carboxylic acids is 2. The lowest BCUT2D eigenvalue weighted by molar-refractivity contribution is -0.143. The number of Topliss-reactive ketones (excluding diaryl/α,β-unsaturated/α-hetero) is 1. The third kappa shape index (κ3) is 2.75. The fourth-order valence-corrected chi connectivity index (χ4v) is 2.32. The summed E-state index contributed by atoms with van der Waals surface area (Å²) in [7, 11) is 0. The van der Waals surface area contributed by atoms with Crippen molar-refractivity contribution in [2.45, 2.75) is 32.6 Å². The number of fused-ring (bicyclic) bond motifs is 1. The predicted octanol–water partition coefficient (Wildman–Crippen LogP) is 2.17. The molecule has 0 aliphatic heterocycles. The van der Waals surface area contributed by atoms with Crippen molar-refractivity contribution in [3.05, 3.63) is 29.6 Å². The van der Waals surface area contributed by atoms with E-state index < -0.39 is 0 Å². The second-order valence-electron chi connectivity index (χ2n) is 4.45. The Morgan fingerprint density at radius 2 is 2.39 bits per heavy atom. The van der Waals surface area contributed by atoms with E-state index in [1.54, 1.807) is 13.1 Å². The first-order valence-corrected chi connectivity index (χ1v) is 6.36. The maximum Gasteiger partial charge on any atom is 0.305 e. The second-order valence-corrected chi connectivity index (χ2v) is 4.45. The van der Waals surface area contributed by atoms with E-state index >= 15 is 0 Å². The van der Waals surface area contributed by atoms with Gasteiger partial charge in [0.2, 0.25) is 0 Å². The first kappa shape index (κ1) is 12.7. The lowest BCUT2D eigenvalue weighted by atomic mass is 9.83. The number of nitrogens with zero attached hydrogens (tertiary/aromatic N) is 1. The highest BCUT2D eigenvalue weighted by Crippen LogP contribution is 2.27. The molecule has 0 N–H and O–H groups in total. The number of aromatic nitrogens is 1. The van der Waals surface area contributed by atoms with Gasteiger partial charge in [0.05, 0.1) is 6.61 Å². The zero-order valence-electron chi connectivity index (χ0n) is 10.5. The molecule has 1 unspecified atom stereocenters. The van der Waals surface area contributed by atoms with Gasteiger partial charge in [-0.25, -0.2) is 0 Å². The molecular formula is C14H17NO3. The Hall–Kier alpha value is -1.71. The summed E-state index contributed by atoms with van der Waals surface area (Å²) in [5.74, 6) is -0.241. The lowest BCUT2D eigenvalue weighted by Crippen LogP contribution is -2.24. The maximum atomic E-state index is 12.2. The highest BCUT2D eigenvalue weighted by Gasteiger charge is 2.28. The third-order valence-corrected chi connectivity index (χ3v) is 3.26. The Morgan fingerprint density at radius 3 is 3.17 bits per heavy atom. The average Bonchev–Trinajstić information content (AvgIpc) is 2.39. The van der Waals surface area contributed by atoms with E-state index in [1.807, 2.05) is 12.1 Å². The van der Waals surface area contributed by atoms with Crippen LogP contribution in [0.15, 0.2) is 18.3 Å². The average molecular weight is 247 g/mol. The van der Waals surface area contributed by atoms with E-state index in [2.05, 4.69) is 4.98 Å². The van der Waals surface area contributed by atoms with Crippen molar-refractivity contribution in [2.24, 2.45) is 5.92 Å². The largest absolute Gasteiger partial charge is 0.466 e. The van der Waals surface area contributed by atoms with Gasteiger partial charge in [-0.05, 0) is 37.8 Å². The smallest absolute Gasteiger partial charge is 0.305 e. The minimum Gasteiger partial charge on any atom is -0.466 e. The number of rotatable bonds is 4. The first-order chi connectivity index (χ1) is 8.72. The molecule has 4 nitrogen and oxygen atoms in total. The fraction of sp³-hybridized carbons (Fsp3) is 0.500. The lowest BCUT2D eigenvalue weighted by Gasteiger charge is -2.21. The van der Waals surface area contributed by atoms with Crippen LogP contribution in [-0.4, -0.2) is 23.3 Å². The molecule has 0 amide bonds. The Kier molecular flexibility index (Phi) is 4.07. The number of aryl methyl sites for hydroxylation is 1. The molecule has 1 aliphatic rings. The van der Waals surface area contributed by atoms with Crippen LogP contribution in [0.3, 0.4) is 0 Å². The van der Waals surface area contributed by atoms with Crippen LogP contribution in [0.25, 0.3) is 0 Å². The van der Waals surface area contributed by atoms with Gasteiger partial charge in [-0.1, -0.05) is 6.07 Å². The molecule has 2 rings (SSSR count). The molecule has 0 aromatic carbocycles. The van der Waals surface area contributed by atoms with Gasteiger partial charge in [0.15, 0.2) is 5.78 Å². The van der Waals surface area contributed by atoms with Crippen molar-refractivity contribution in [3.8, 4) is 0 Å². The predicted molar refractivity (Wildman–Crippen MR) is 66.2 cm³/mol. The van der Waals surface area contributed by atoms with Gasteiger partial charge >= 0.3 is 5.97 Å². The standard InChI is InChI=1S/C14H17NO3/c1-2-18-12(16)8-7-11-6-5-10-4-3-9-15-13(10)14(11)17/h3-4,9,11H,2,5-8H2,1H3. The van der Waals surface area contributed by atoms with Crippen LogP contribution in [0.5, 0.6) is 0 Å². The quantitative estimate of drug-likeness (QED) is 0.765. The van der Waals surface area contributed by atoms with Gasteiger partial charge < -0.3 is 4.74 Å². The highest BCUT2D eigenvalue weighted by molar-refractivity contribution is 5.98. The summed E-state index contributed by atoms with van der Waals surface area (Å²) in [4.78, 5) is 27.6. The van der Waals surface area contributed by atoms with Crippen molar-refractivity contribution in [1.29, 1.82) is 0 Å². The van der Waals surface area contributed by atoms with E-state index in [4.69, 9.17) is 4.74 Å². The van der Waals surface area contributed by atoms with Gasteiger partial charge in [-0.2, -0.15) is 0 Å². The molecule has 0 spiro atoms. The zero-order valence-corrected chi connectivity index (χ0v) is 10.5. The number of pyridine rings is 1. The summed E-state index contributed by atoms with van der Waals surface area (Å²) in [6.45, 7) is 2.17. The van der Waals surface area contributed by atoms with Gasteiger partial charge in [0.25, 0.3) is 0 Å². The molecule has 1 heterocycles. The molecule has 0 saturated heterocycles. The van der Waals surface area contributed by atoms with Crippen LogP contribution in [0.4, 0.5) is 0 Å². The molecule has 96 valence electrons. The Bertz CT molecular complexity index is 456. The summed E-state index contributed by atoms with van der Waals surface area (Å²) in [5, 5.41) is 0. The van der Waals surface area contributed by atoms with Gasteiger partial charge in [-0.3, -0.25) is 14.6 Å². The molecule has 1 aliphatic carbocycles. The summed E-state index contributed by atoms with van der Waals surface area (Å²) in [6, 6.07) is 3.80. The van der Waals surface area contributed by atoms with Crippen LogP contribution < -0.4 is 0 Å². The number of hydrogen-bond acceptors (Lipinski definition) is 4. The molecule has 4 heteroatoms. The Balaban J connectivity index is 1.97. The number of hydrogen-bond donors (Lipinski definition) is 0. The van der Waals surface area contributed by atoms with Crippen LogP contribution in [0.2, 0.25) is 0 Å². The highest BCUT2D eigenvalue weighted by atomic mass is 16.5. The minimum atomic E-state index is -0.225. The van der Waals surface area contributed by atoms with Crippen molar-refractivity contribution in [1.82, 2.24) is 4.98 Å². The van der Waals surface area contributed by atoms with Crippen LogP contribution in [-0.2, 0) is 16.0 Å². The molecule has 0 fully saturated rings. The monoisotopic (exact) mass is 247 g/mol. The SMILES string of the molecule is CCOC(=O)CCC1CCc2cccnc2C1=O. The second kappa shape index (κ2) is 5.76. The van der Waals surface area contributed by atoms with Gasteiger partial charge in [0.1, 0.15) is 5.69 Å². The molecule has 1 atom stereocenters. The molecule has 1 aromatic heterocycles. The summed E-state index contributed by atoms with van der Waals surface area (Å²) >= 11 is 0. The topological polar surface area (TPSA) is 56.3 Å². The number of carbonyl (C=O) groups is 2. The number of ether oxygens (including phenoxy) is 1. The van der Waals surface area contributed by atoms with E-state index in [0.29, 0.717) is 25.1 Å². The van der Waals surface area contributed by atoms with Crippen LogP contribution in [0, 0.1) is 5.92 Å². The van der Waals surface area contributed by atoms with Crippen molar-refractivity contribution < 1.29 is 14.3 Å². The molecule has 18 heavy (non-hydrogen) atoms. The van der Waals surface area contributed by atoms with Crippen LogP contribution in [0.1, 0.15) is 42.2 Å². The van der Waals surface area contributed by atoms with Gasteiger partial charge in [0, 0.05) is 18.5 Å². The van der Waals surface area contributed by atoms with E-state index in [0.717, 1.165) is 18.4 Å². The molecule has 0 radical (unpaired) electrons. The fourth-order valence-electron chi connectivity index (χ4n) is 2.32. The maximum absolute atomic E-state index is 12.2. The third-order valence-electron chi connectivity index (χ3n) is 3.26. The van der Waals surface area contributed by atoms with E-state index in [1.165, 1.54) is 0 Å². The Morgan fingerprint density at radius 1 is 1.56 bits per heavy atom. The molecule has 0 saturated carbocycles. The van der Waals surface area contributed by atoms with Crippen molar-refractivity contribution >= 4 is 11.8 Å². The zero-order chi connectivity index (χ0) is 13.0. The van der Waals surface area contributed by atoms with E-state index in [9.17, 15) is 9.59 Å². The summed E-state index contributed by atoms with van der Waals surface area (Å²) in [6.07, 6.45) is 4.18. The van der Waals surface area contributed by atoms with Crippen molar-refractivity contribution in [3.63, 3.8) is 0 Å². The van der Waals surface area contributed by atoms with Gasteiger partial charge in [-0.15, -0.1) is 0 Å². The summed E-state index contributed by atoms with van der Waals surface area (Å²) in [5.41, 5.74) is 1.60. The molecular weight excluding hydrogens is 230 g/mol. The minimum absolute atomic E-state index is 0.0705. The normalized spacial score (nSPS) is 18.3. The number of esters is 1.